The van der Waals surface area contributed by atoms with Crippen molar-refractivity contribution in [3.8, 4) is 11.5 Å². The van der Waals surface area contributed by atoms with Gasteiger partial charge in [0.15, 0.2) is 6.61 Å². The molecule has 1 aromatic heterocycles. The molecule has 0 bridgehead atoms. The molecule has 0 spiro atoms. The monoisotopic (exact) mass is 522 g/mol. The highest BCUT2D eigenvalue weighted by Gasteiger charge is 2.11. The minimum Gasteiger partial charge on any atom is -0.456 e. The van der Waals surface area contributed by atoms with Gasteiger partial charge in [0, 0.05) is 23.6 Å². The summed E-state index contributed by atoms with van der Waals surface area (Å²) in [6.45, 7) is 1.34. The van der Waals surface area contributed by atoms with E-state index in [9.17, 15) is 14.4 Å². The van der Waals surface area contributed by atoms with Crippen LogP contribution in [0.4, 0.5) is 10.8 Å². The van der Waals surface area contributed by atoms with Gasteiger partial charge in [-0.05, 0) is 55.8 Å². The number of anilines is 2. The fourth-order valence-electron chi connectivity index (χ4n) is 2.63. The lowest BCUT2D eigenvalue weighted by atomic mass is 10.2. The lowest BCUT2D eigenvalue weighted by Gasteiger charge is -2.10. The van der Waals surface area contributed by atoms with Gasteiger partial charge in [0.2, 0.25) is 11.0 Å². The van der Waals surface area contributed by atoms with Gasteiger partial charge in [-0.25, -0.2) is 0 Å². The SMILES string of the molecule is Cc1nnc(NC(=O)CCCC(=O)OCC(=O)Nc2ccc(Oc3ccc(Cl)cc3Cl)cc2)s1. The van der Waals surface area contributed by atoms with Gasteiger partial charge in [-0.3, -0.25) is 14.4 Å². The summed E-state index contributed by atoms with van der Waals surface area (Å²) in [6, 6.07) is 11.5. The molecular formula is C22H20Cl2N4O5S. The molecule has 34 heavy (non-hydrogen) atoms. The summed E-state index contributed by atoms with van der Waals surface area (Å²) < 4.78 is 10.6. The lowest BCUT2D eigenvalue weighted by Crippen LogP contribution is -2.21. The van der Waals surface area contributed by atoms with Crippen LogP contribution < -0.4 is 15.4 Å². The molecule has 0 unspecified atom stereocenters. The summed E-state index contributed by atoms with van der Waals surface area (Å²) in [5.41, 5.74) is 0.499. The molecule has 0 aliphatic carbocycles. The average molecular weight is 523 g/mol. The van der Waals surface area contributed by atoms with Crippen LogP contribution in [0.25, 0.3) is 0 Å². The van der Waals surface area contributed by atoms with E-state index in [2.05, 4.69) is 20.8 Å². The number of nitrogens with one attached hydrogen (secondary N) is 2. The second-order valence-corrected chi connectivity index (χ2v) is 8.96. The molecule has 12 heteroatoms. The zero-order valence-electron chi connectivity index (χ0n) is 18.0. The summed E-state index contributed by atoms with van der Waals surface area (Å²) in [5.74, 6) is -0.376. The number of carbonyl (C=O) groups excluding carboxylic acids is 3. The third kappa shape index (κ3) is 8.29. The van der Waals surface area contributed by atoms with Crippen LogP contribution in [0.1, 0.15) is 24.3 Å². The zero-order valence-corrected chi connectivity index (χ0v) is 20.3. The van der Waals surface area contributed by atoms with Crippen LogP contribution in [-0.4, -0.2) is 34.6 Å². The third-order valence-corrected chi connectivity index (χ3v) is 5.47. The van der Waals surface area contributed by atoms with Gasteiger partial charge in [0.1, 0.15) is 16.5 Å². The van der Waals surface area contributed by atoms with E-state index in [-0.39, 0.29) is 25.2 Å². The maximum absolute atomic E-state index is 12.0. The topological polar surface area (TPSA) is 120 Å². The van der Waals surface area contributed by atoms with Crippen LogP contribution in [0.15, 0.2) is 42.5 Å². The number of halogens is 2. The van der Waals surface area contributed by atoms with Gasteiger partial charge in [-0.15, -0.1) is 10.2 Å². The number of ether oxygens (including phenoxy) is 2. The predicted octanol–water partition coefficient (Wildman–Crippen LogP) is 5.24. The maximum atomic E-state index is 12.0. The Morgan fingerprint density at radius 3 is 2.41 bits per heavy atom. The van der Waals surface area contributed by atoms with Gasteiger partial charge < -0.3 is 20.1 Å². The van der Waals surface area contributed by atoms with Gasteiger partial charge in [-0.2, -0.15) is 0 Å². The highest BCUT2D eigenvalue weighted by molar-refractivity contribution is 7.15. The molecular weight excluding hydrogens is 503 g/mol. The Kier molecular flexibility index (Phi) is 9.20. The Balaban J connectivity index is 1.34. The maximum Gasteiger partial charge on any atom is 0.306 e. The Bertz CT molecular complexity index is 1170. The predicted molar refractivity (Wildman–Crippen MR) is 130 cm³/mol. The van der Waals surface area contributed by atoms with Gasteiger partial charge in [-0.1, -0.05) is 34.5 Å². The molecule has 3 rings (SSSR count). The van der Waals surface area contributed by atoms with E-state index in [4.69, 9.17) is 32.7 Å². The van der Waals surface area contributed by atoms with E-state index in [1.54, 1.807) is 49.4 Å². The average Bonchev–Trinajstić information content (AvgIpc) is 3.20. The number of carbonyl (C=O) groups is 3. The Morgan fingerprint density at radius 1 is 0.971 bits per heavy atom. The normalized spacial score (nSPS) is 10.4. The zero-order chi connectivity index (χ0) is 24.5. The molecule has 9 nitrogen and oxygen atoms in total. The van der Waals surface area contributed by atoms with Crippen LogP contribution in [0.2, 0.25) is 10.0 Å². The van der Waals surface area contributed by atoms with E-state index >= 15 is 0 Å². The Morgan fingerprint density at radius 2 is 1.74 bits per heavy atom. The third-order valence-electron chi connectivity index (χ3n) is 4.18. The Labute approximate surface area is 209 Å². The summed E-state index contributed by atoms with van der Waals surface area (Å²) in [5, 5.41) is 14.9. The standard InChI is InChI=1S/C22H20Cl2N4O5S/c1-13-27-28-22(34-13)26-19(29)3-2-4-21(31)32-12-20(30)25-15-6-8-16(9-7-15)33-18-10-5-14(23)11-17(18)24/h5-11H,2-4,12H2,1H3,(H,25,30)(H,26,28,29). The number of amides is 2. The van der Waals surface area contributed by atoms with Crippen molar-refractivity contribution in [2.24, 2.45) is 0 Å². The molecule has 2 N–H and O–H groups in total. The van der Waals surface area contributed by atoms with Crippen molar-refractivity contribution in [2.75, 3.05) is 17.2 Å². The summed E-state index contributed by atoms with van der Waals surface area (Å²) in [7, 11) is 0. The van der Waals surface area contributed by atoms with Crippen molar-refractivity contribution >= 4 is 63.1 Å². The van der Waals surface area contributed by atoms with Crippen molar-refractivity contribution in [3.63, 3.8) is 0 Å². The molecule has 0 radical (unpaired) electrons. The number of hydrogen-bond donors (Lipinski definition) is 2. The number of rotatable bonds is 10. The first-order valence-corrected chi connectivity index (χ1v) is 11.6. The van der Waals surface area contributed by atoms with Crippen LogP contribution >= 0.6 is 34.5 Å². The van der Waals surface area contributed by atoms with Crippen molar-refractivity contribution in [2.45, 2.75) is 26.2 Å². The summed E-state index contributed by atoms with van der Waals surface area (Å²) in [4.78, 5) is 35.7. The van der Waals surface area contributed by atoms with Gasteiger partial charge in [0.05, 0.1) is 5.02 Å². The number of esters is 1. The number of hydrogen-bond acceptors (Lipinski definition) is 8. The first-order chi connectivity index (χ1) is 16.3. The largest absolute Gasteiger partial charge is 0.456 e. The van der Waals surface area contributed by atoms with Crippen molar-refractivity contribution in [3.05, 3.63) is 57.5 Å². The van der Waals surface area contributed by atoms with Crippen LogP contribution in [0.3, 0.4) is 0 Å². The first-order valence-electron chi connectivity index (χ1n) is 10.1. The van der Waals surface area contributed by atoms with Gasteiger partial charge >= 0.3 is 5.97 Å². The molecule has 0 aliphatic rings. The first kappa shape index (κ1) is 25.4. The van der Waals surface area contributed by atoms with Crippen molar-refractivity contribution < 1.29 is 23.9 Å². The molecule has 0 atom stereocenters. The Hall–Kier alpha value is -3.21. The second-order valence-electron chi connectivity index (χ2n) is 6.94. The molecule has 0 saturated carbocycles. The highest BCUT2D eigenvalue weighted by Crippen LogP contribution is 2.31. The fourth-order valence-corrected chi connectivity index (χ4v) is 3.68. The molecule has 3 aromatic rings. The molecule has 0 fully saturated rings. The van der Waals surface area contributed by atoms with E-state index < -0.39 is 18.5 Å². The molecule has 0 aliphatic heterocycles. The van der Waals surface area contributed by atoms with Crippen molar-refractivity contribution in [1.29, 1.82) is 0 Å². The number of aryl methyl sites for hydroxylation is 1. The number of aromatic nitrogens is 2. The molecule has 1 heterocycles. The fraction of sp³-hybridized carbons (Fsp3) is 0.227. The highest BCUT2D eigenvalue weighted by atomic mass is 35.5. The van der Waals surface area contributed by atoms with E-state index in [1.165, 1.54) is 11.3 Å². The second kappa shape index (κ2) is 12.3. The molecule has 0 saturated heterocycles. The van der Waals surface area contributed by atoms with Crippen LogP contribution in [0, 0.1) is 6.92 Å². The lowest BCUT2D eigenvalue weighted by molar-refractivity contribution is -0.147. The minimum atomic E-state index is -0.571. The summed E-state index contributed by atoms with van der Waals surface area (Å²) in [6.07, 6.45) is 0.411. The van der Waals surface area contributed by atoms with E-state index in [0.717, 1.165) is 5.01 Å². The molecule has 2 aromatic carbocycles. The van der Waals surface area contributed by atoms with E-state index in [1.807, 2.05) is 0 Å². The quantitative estimate of drug-likeness (QED) is 0.349. The summed E-state index contributed by atoms with van der Waals surface area (Å²) >= 11 is 13.2. The molecule has 178 valence electrons. The smallest absolute Gasteiger partial charge is 0.306 e. The van der Waals surface area contributed by atoms with Crippen LogP contribution in [-0.2, 0) is 19.1 Å². The van der Waals surface area contributed by atoms with Gasteiger partial charge in [0.25, 0.3) is 5.91 Å². The number of benzene rings is 2. The number of nitrogens with zero attached hydrogens (tertiary/aromatic N) is 2. The molecule has 2 amide bonds. The minimum absolute atomic E-state index is 0.00907. The van der Waals surface area contributed by atoms with Crippen molar-refractivity contribution in [1.82, 2.24) is 10.2 Å². The van der Waals surface area contributed by atoms with E-state index in [0.29, 0.717) is 32.4 Å². The van der Waals surface area contributed by atoms with Crippen LogP contribution in [0.5, 0.6) is 11.5 Å².